The summed E-state index contributed by atoms with van der Waals surface area (Å²) in [5, 5.41) is 0. The van der Waals surface area contributed by atoms with Gasteiger partial charge >= 0.3 is 0 Å². The molecule has 0 fully saturated rings. The monoisotopic (exact) mass is 228 g/mol. The van der Waals surface area contributed by atoms with Crippen LogP contribution in [0.3, 0.4) is 0 Å². The standard InChI is InChI=1S/C15H16O2/c1-2-3-11-17-15-9-5-4-8-14(15)13-7-6-10-16-12-13/h4-10H,2-3,11H2,1H3. The van der Waals surface area contributed by atoms with Gasteiger partial charge in [-0.1, -0.05) is 37.6 Å². The van der Waals surface area contributed by atoms with E-state index in [1.807, 2.05) is 36.4 Å². The van der Waals surface area contributed by atoms with Gasteiger partial charge in [-0.05, 0) is 18.6 Å². The van der Waals surface area contributed by atoms with Crippen LogP contribution in [0, 0.1) is 6.61 Å². The summed E-state index contributed by atoms with van der Waals surface area (Å²) >= 11 is 0. The van der Waals surface area contributed by atoms with Crippen LogP contribution in [0.1, 0.15) is 25.3 Å². The zero-order valence-electron chi connectivity index (χ0n) is 9.98. The molecule has 0 bridgehead atoms. The summed E-state index contributed by atoms with van der Waals surface area (Å²) < 4.78 is 10.8. The molecule has 0 aliphatic carbocycles. The summed E-state index contributed by atoms with van der Waals surface area (Å²) in [7, 11) is 0. The number of para-hydroxylation sites is 1. The number of ether oxygens (including phenoxy) is 2. The van der Waals surface area contributed by atoms with E-state index in [0.717, 1.165) is 36.3 Å². The van der Waals surface area contributed by atoms with Crippen molar-refractivity contribution in [3.8, 4) is 5.75 Å². The summed E-state index contributed by atoms with van der Waals surface area (Å²) in [6, 6.07) is 7.96. The minimum Gasteiger partial charge on any atom is -0.493 e. The fraction of sp³-hybridized carbons (Fsp3) is 0.267. The van der Waals surface area contributed by atoms with Gasteiger partial charge < -0.3 is 9.47 Å². The van der Waals surface area contributed by atoms with E-state index in [4.69, 9.17) is 9.47 Å². The van der Waals surface area contributed by atoms with Crippen molar-refractivity contribution in [3.05, 3.63) is 54.8 Å². The van der Waals surface area contributed by atoms with Gasteiger partial charge in [0.25, 0.3) is 0 Å². The van der Waals surface area contributed by atoms with Crippen molar-refractivity contribution in [2.24, 2.45) is 0 Å². The van der Waals surface area contributed by atoms with Crippen molar-refractivity contribution in [1.29, 1.82) is 0 Å². The quantitative estimate of drug-likeness (QED) is 0.713. The number of rotatable bonds is 5. The second-order valence-corrected chi connectivity index (χ2v) is 3.83. The Balaban J connectivity index is 2.15. The maximum absolute atomic E-state index is 5.77. The first-order chi connectivity index (χ1) is 8.42. The lowest BCUT2D eigenvalue weighted by Gasteiger charge is -2.14. The Labute approximate surface area is 103 Å². The third-order valence-corrected chi connectivity index (χ3v) is 2.51. The van der Waals surface area contributed by atoms with Crippen LogP contribution in [-0.2, 0) is 4.74 Å². The van der Waals surface area contributed by atoms with E-state index in [0.29, 0.717) is 0 Å². The zero-order valence-corrected chi connectivity index (χ0v) is 9.98. The van der Waals surface area contributed by atoms with Gasteiger partial charge in [-0.15, -0.1) is 0 Å². The molecule has 1 aliphatic heterocycles. The first kappa shape index (κ1) is 11.8. The Morgan fingerprint density at radius 1 is 1.29 bits per heavy atom. The van der Waals surface area contributed by atoms with Crippen molar-refractivity contribution in [2.75, 3.05) is 6.61 Å². The van der Waals surface area contributed by atoms with Crippen molar-refractivity contribution in [3.63, 3.8) is 0 Å². The average Bonchev–Trinajstić information content (AvgIpc) is 2.41. The van der Waals surface area contributed by atoms with Crippen LogP contribution in [0.4, 0.5) is 0 Å². The lowest BCUT2D eigenvalue weighted by molar-refractivity contribution is 0.307. The fourth-order valence-electron chi connectivity index (χ4n) is 1.59. The van der Waals surface area contributed by atoms with Crippen LogP contribution in [0.15, 0.2) is 42.7 Å². The van der Waals surface area contributed by atoms with E-state index in [9.17, 15) is 0 Å². The predicted octanol–water partition coefficient (Wildman–Crippen LogP) is 3.83. The first-order valence-electron chi connectivity index (χ1n) is 5.92. The van der Waals surface area contributed by atoms with E-state index in [-0.39, 0.29) is 0 Å². The normalized spacial score (nSPS) is 14.1. The van der Waals surface area contributed by atoms with Gasteiger partial charge in [-0.3, -0.25) is 0 Å². The van der Waals surface area contributed by atoms with Gasteiger partial charge in [0.1, 0.15) is 5.75 Å². The number of hydrogen-bond acceptors (Lipinski definition) is 2. The molecule has 2 radical (unpaired) electrons. The molecule has 2 heteroatoms. The second-order valence-electron chi connectivity index (χ2n) is 3.83. The minimum atomic E-state index is 0.748. The van der Waals surface area contributed by atoms with Crippen LogP contribution in [0.2, 0.25) is 0 Å². The molecule has 2 nitrogen and oxygen atoms in total. The zero-order chi connectivity index (χ0) is 11.9. The molecule has 0 unspecified atom stereocenters. The maximum Gasteiger partial charge on any atom is 0.230 e. The van der Waals surface area contributed by atoms with Gasteiger partial charge in [0.05, 0.1) is 12.9 Å². The van der Waals surface area contributed by atoms with E-state index in [1.165, 1.54) is 0 Å². The minimum absolute atomic E-state index is 0.748. The molecule has 88 valence electrons. The van der Waals surface area contributed by atoms with Crippen LogP contribution in [-0.4, -0.2) is 6.61 Å². The first-order valence-corrected chi connectivity index (χ1v) is 5.92. The Morgan fingerprint density at radius 3 is 2.94 bits per heavy atom. The fourth-order valence-corrected chi connectivity index (χ4v) is 1.59. The van der Waals surface area contributed by atoms with Crippen LogP contribution in [0.25, 0.3) is 5.57 Å². The van der Waals surface area contributed by atoms with E-state index in [2.05, 4.69) is 13.5 Å². The molecule has 0 saturated heterocycles. The van der Waals surface area contributed by atoms with E-state index < -0.39 is 0 Å². The van der Waals surface area contributed by atoms with E-state index in [1.54, 1.807) is 6.26 Å². The van der Waals surface area contributed by atoms with Crippen molar-refractivity contribution >= 4 is 5.57 Å². The molecular weight excluding hydrogens is 212 g/mol. The average molecular weight is 228 g/mol. The highest BCUT2D eigenvalue weighted by Gasteiger charge is 2.11. The van der Waals surface area contributed by atoms with Crippen LogP contribution >= 0.6 is 0 Å². The molecule has 0 amide bonds. The third kappa shape index (κ3) is 3.13. The van der Waals surface area contributed by atoms with Gasteiger partial charge in [0.15, 0.2) is 0 Å². The van der Waals surface area contributed by atoms with Crippen LogP contribution < -0.4 is 4.74 Å². The molecule has 0 aromatic heterocycles. The number of hydrogen-bond donors (Lipinski definition) is 0. The molecular formula is C15H16O2. The smallest absolute Gasteiger partial charge is 0.230 e. The molecule has 17 heavy (non-hydrogen) atoms. The third-order valence-electron chi connectivity index (χ3n) is 2.51. The number of allylic oxidation sites excluding steroid dienone is 2. The van der Waals surface area contributed by atoms with Crippen molar-refractivity contribution in [1.82, 2.24) is 0 Å². The van der Waals surface area contributed by atoms with Crippen molar-refractivity contribution < 1.29 is 9.47 Å². The number of unbranched alkanes of at least 4 members (excludes halogenated alkanes) is 1. The van der Waals surface area contributed by atoms with Gasteiger partial charge in [0, 0.05) is 11.1 Å². The summed E-state index contributed by atoms with van der Waals surface area (Å²) in [5.41, 5.74) is 1.94. The SMILES string of the molecule is CCCCOc1ccccc1C1=CC=CO[C]1. The summed E-state index contributed by atoms with van der Waals surface area (Å²) in [5.74, 6) is 0.888. The molecule has 0 spiro atoms. The lowest BCUT2D eigenvalue weighted by atomic mass is 10.0. The topological polar surface area (TPSA) is 18.5 Å². The second kappa shape index (κ2) is 6.14. The molecule has 1 aromatic rings. The summed E-state index contributed by atoms with van der Waals surface area (Å²) in [6.45, 7) is 5.76. The Morgan fingerprint density at radius 2 is 2.18 bits per heavy atom. The highest BCUT2D eigenvalue weighted by molar-refractivity contribution is 5.76. The molecule has 2 rings (SSSR count). The Bertz CT molecular complexity index is 419. The Kier molecular flexibility index (Phi) is 4.25. The predicted molar refractivity (Wildman–Crippen MR) is 68.3 cm³/mol. The summed E-state index contributed by atoms with van der Waals surface area (Å²) in [4.78, 5) is 0. The Hall–Kier alpha value is -1.70. The molecule has 0 saturated carbocycles. The highest BCUT2D eigenvalue weighted by Crippen LogP contribution is 2.29. The summed E-state index contributed by atoms with van der Waals surface area (Å²) in [6.07, 6.45) is 7.62. The molecule has 1 aromatic carbocycles. The van der Waals surface area contributed by atoms with E-state index >= 15 is 0 Å². The molecule has 0 N–H and O–H groups in total. The lowest BCUT2D eigenvalue weighted by Crippen LogP contribution is -2.00. The van der Waals surface area contributed by atoms with Gasteiger partial charge in [-0.2, -0.15) is 0 Å². The van der Waals surface area contributed by atoms with Crippen LogP contribution in [0.5, 0.6) is 5.75 Å². The van der Waals surface area contributed by atoms with Gasteiger partial charge in [-0.25, -0.2) is 0 Å². The van der Waals surface area contributed by atoms with Gasteiger partial charge in [0.2, 0.25) is 6.61 Å². The molecule has 1 heterocycles. The number of benzene rings is 1. The highest BCUT2D eigenvalue weighted by atomic mass is 16.5. The molecule has 0 atom stereocenters. The van der Waals surface area contributed by atoms with Crippen molar-refractivity contribution in [2.45, 2.75) is 19.8 Å². The molecule has 1 aliphatic rings. The maximum atomic E-state index is 5.77. The largest absolute Gasteiger partial charge is 0.493 e.